The third-order valence-corrected chi connectivity index (χ3v) is 4.30. The molecule has 5 nitrogen and oxygen atoms in total. The van der Waals surface area contributed by atoms with E-state index in [1.54, 1.807) is 24.3 Å². The monoisotopic (exact) mass is 382 g/mol. The molecule has 1 heterocycles. The van der Waals surface area contributed by atoms with Crippen molar-refractivity contribution in [1.29, 1.82) is 0 Å². The van der Waals surface area contributed by atoms with E-state index in [9.17, 15) is 4.21 Å². The van der Waals surface area contributed by atoms with Crippen molar-refractivity contribution in [3.05, 3.63) is 58.1 Å². The molecular weight excluding hydrogens is 371 g/mol. The van der Waals surface area contributed by atoms with Gasteiger partial charge in [0.25, 0.3) is 0 Å². The van der Waals surface area contributed by atoms with Crippen LogP contribution in [0.2, 0.25) is 10.0 Å². The molecule has 3 aromatic rings. The van der Waals surface area contributed by atoms with E-state index in [-0.39, 0.29) is 11.1 Å². The van der Waals surface area contributed by atoms with E-state index >= 15 is 0 Å². The highest BCUT2D eigenvalue weighted by molar-refractivity contribution is 7.84. The standard InChI is InChI=1S/C16H12Cl2N2O3S/c1-24(21)16-20-19-15(23-16)11-5-6-14(13(18)8-11)22-9-10-3-2-4-12(17)7-10/h2-8H,9H2,1H3. The molecular formula is C16H12Cl2N2O3S. The Labute approximate surface area is 151 Å². The van der Waals surface area contributed by atoms with Crippen molar-refractivity contribution in [3.63, 3.8) is 0 Å². The van der Waals surface area contributed by atoms with Gasteiger partial charge in [-0.2, -0.15) is 0 Å². The molecule has 1 atom stereocenters. The van der Waals surface area contributed by atoms with E-state index in [0.29, 0.717) is 28.0 Å². The fourth-order valence-electron chi connectivity index (χ4n) is 1.98. The number of hydrogen-bond donors (Lipinski definition) is 0. The first kappa shape index (κ1) is 17.0. The molecule has 0 saturated heterocycles. The van der Waals surface area contributed by atoms with Crippen LogP contribution in [0.5, 0.6) is 5.75 Å². The summed E-state index contributed by atoms with van der Waals surface area (Å²) in [6, 6.07) is 12.5. The molecule has 0 aliphatic rings. The topological polar surface area (TPSA) is 65.2 Å². The zero-order valence-electron chi connectivity index (χ0n) is 12.5. The Bertz CT molecular complexity index is 899. The van der Waals surface area contributed by atoms with Gasteiger partial charge in [0.1, 0.15) is 23.2 Å². The van der Waals surface area contributed by atoms with Crippen LogP contribution in [0.1, 0.15) is 5.56 Å². The highest BCUT2D eigenvalue weighted by Crippen LogP contribution is 2.30. The minimum Gasteiger partial charge on any atom is -0.487 e. The minimum atomic E-state index is -1.33. The average Bonchev–Trinajstić information content (AvgIpc) is 3.04. The van der Waals surface area contributed by atoms with Gasteiger partial charge in [-0.05, 0) is 35.9 Å². The Morgan fingerprint density at radius 2 is 2.00 bits per heavy atom. The zero-order valence-corrected chi connectivity index (χ0v) is 14.9. The van der Waals surface area contributed by atoms with Crippen LogP contribution >= 0.6 is 23.2 Å². The maximum atomic E-state index is 11.3. The maximum absolute atomic E-state index is 11.3. The summed E-state index contributed by atoms with van der Waals surface area (Å²) >= 11 is 12.2. The fourth-order valence-corrected chi connectivity index (χ4v) is 2.78. The fraction of sp³-hybridized carbons (Fsp3) is 0.125. The summed E-state index contributed by atoms with van der Waals surface area (Å²) in [7, 11) is -1.33. The number of rotatable bonds is 5. The number of hydrogen-bond acceptors (Lipinski definition) is 5. The average molecular weight is 383 g/mol. The van der Waals surface area contributed by atoms with Crippen LogP contribution in [-0.4, -0.2) is 20.7 Å². The SMILES string of the molecule is CS(=O)c1nnc(-c2ccc(OCc3cccc(Cl)c3)c(Cl)c2)o1. The van der Waals surface area contributed by atoms with Gasteiger partial charge >= 0.3 is 5.22 Å². The van der Waals surface area contributed by atoms with Crippen LogP contribution in [0.4, 0.5) is 0 Å². The molecule has 1 unspecified atom stereocenters. The third-order valence-electron chi connectivity index (χ3n) is 3.11. The van der Waals surface area contributed by atoms with Gasteiger partial charge in [-0.3, -0.25) is 0 Å². The van der Waals surface area contributed by atoms with Gasteiger partial charge in [-0.15, -0.1) is 5.10 Å². The number of halogens is 2. The van der Waals surface area contributed by atoms with Gasteiger partial charge in [0.15, 0.2) is 0 Å². The summed E-state index contributed by atoms with van der Waals surface area (Å²) in [5.41, 5.74) is 1.56. The molecule has 1 aromatic heterocycles. The van der Waals surface area contributed by atoms with Crippen molar-refractivity contribution >= 4 is 34.0 Å². The molecule has 24 heavy (non-hydrogen) atoms. The van der Waals surface area contributed by atoms with E-state index in [1.807, 2.05) is 18.2 Å². The molecule has 8 heteroatoms. The highest BCUT2D eigenvalue weighted by Gasteiger charge is 2.13. The molecule has 3 rings (SSSR count). The molecule has 0 N–H and O–H groups in total. The normalized spacial score (nSPS) is 12.1. The smallest absolute Gasteiger partial charge is 0.307 e. The number of ether oxygens (including phenoxy) is 1. The van der Waals surface area contributed by atoms with E-state index < -0.39 is 10.8 Å². The van der Waals surface area contributed by atoms with Gasteiger partial charge in [-0.25, -0.2) is 4.21 Å². The Morgan fingerprint density at radius 1 is 1.17 bits per heavy atom. The quantitative estimate of drug-likeness (QED) is 0.655. The Balaban J connectivity index is 1.75. The molecule has 0 radical (unpaired) electrons. The molecule has 0 aliphatic carbocycles. The van der Waals surface area contributed by atoms with Crippen LogP contribution in [0.25, 0.3) is 11.5 Å². The van der Waals surface area contributed by atoms with Crippen molar-refractivity contribution in [2.24, 2.45) is 0 Å². The van der Waals surface area contributed by atoms with Gasteiger partial charge in [-0.1, -0.05) is 40.4 Å². The van der Waals surface area contributed by atoms with Crippen LogP contribution in [0, 0.1) is 0 Å². The first-order valence-corrected chi connectivity index (χ1v) is 9.18. The van der Waals surface area contributed by atoms with Gasteiger partial charge < -0.3 is 9.15 Å². The van der Waals surface area contributed by atoms with E-state index in [1.165, 1.54) is 6.26 Å². The predicted octanol–water partition coefficient (Wildman–Crippen LogP) is 4.36. The lowest BCUT2D eigenvalue weighted by atomic mass is 10.2. The van der Waals surface area contributed by atoms with Crippen LogP contribution in [-0.2, 0) is 17.4 Å². The van der Waals surface area contributed by atoms with E-state index in [2.05, 4.69) is 10.2 Å². The molecule has 0 bridgehead atoms. The second-order valence-electron chi connectivity index (χ2n) is 4.89. The van der Waals surface area contributed by atoms with Crippen molar-refractivity contribution in [3.8, 4) is 17.2 Å². The van der Waals surface area contributed by atoms with Crippen molar-refractivity contribution in [2.45, 2.75) is 11.8 Å². The lowest BCUT2D eigenvalue weighted by molar-refractivity contribution is 0.306. The Morgan fingerprint density at radius 3 is 2.67 bits per heavy atom. The van der Waals surface area contributed by atoms with Crippen molar-refractivity contribution in [2.75, 3.05) is 6.26 Å². The minimum absolute atomic E-state index is 0.0717. The summed E-state index contributed by atoms with van der Waals surface area (Å²) in [5.74, 6) is 0.780. The zero-order chi connectivity index (χ0) is 17.1. The molecule has 0 saturated carbocycles. The van der Waals surface area contributed by atoms with Gasteiger partial charge in [0, 0.05) is 16.8 Å². The van der Waals surface area contributed by atoms with Crippen molar-refractivity contribution < 1.29 is 13.4 Å². The third kappa shape index (κ3) is 3.95. The van der Waals surface area contributed by atoms with Crippen LogP contribution < -0.4 is 4.74 Å². The summed E-state index contributed by atoms with van der Waals surface area (Å²) in [5, 5.41) is 8.71. The van der Waals surface area contributed by atoms with Gasteiger partial charge in [0.2, 0.25) is 5.89 Å². The second kappa shape index (κ2) is 7.34. The largest absolute Gasteiger partial charge is 0.487 e. The summed E-state index contributed by atoms with van der Waals surface area (Å²) in [6.07, 6.45) is 1.47. The molecule has 0 fully saturated rings. The molecule has 0 spiro atoms. The lowest BCUT2D eigenvalue weighted by Crippen LogP contribution is -1.96. The van der Waals surface area contributed by atoms with Crippen LogP contribution in [0.15, 0.2) is 52.1 Å². The number of benzene rings is 2. The molecule has 2 aromatic carbocycles. The Hall–Kier alpha value is -1.89. The van der Waals surface area contributed by atoms with Gasteiger partial charge in [0.05, 0.1) is 5.02 Å². The highest BCUT2D eigenvalue weighted by atomic mass is 35.5. The summed E-state index contributed by atoms with van der Waals surface area (Å²) in [6.45, 7) is 0.346. The molecule has 124 valence electrons. The number of nitrogens with zero attached hydrogens (tertiary/aromatic N) is 2. The Kier molecular flexibility index (Phi) is 5.18. The summed E-state index contributed by atoms with van der Waals surface area (Å²) in [4.78, 5) is 0. The lowest BCUT2D eigenvalue weighted by Gasteiger charge is -2.09. The van der Waals surface area contributed by atoms with E-state index in [0.717, 1.165) is 5.56 Å². The molecule has 0 aliphatic heterocycles. The number of aromatic nitrogens is 2. The van der Waals surface area contributed by atoms with Crippen molar-refractivity contribution in [1.82, 2.24) is 10.2 Å². The predicted molar refractivity (Wildman–Crippen MR) is 92.9 cm³/mol. The maximum Gasteiger partial charge on any atom is 0.307 e. The first-order chi connectivity index (χ1) is 11.5. The van der Waals surface area contributed by atoms with E-state index in [4.69, 9.17) is 32.4 Å². The molecule has 0 amide bonds. The first-order valence-electron chi connectivity index (χ1n) is 6.87. The second-order valence-corrected chi connectivity index (χ2v) is 6.99. The summed E-state index contributed by atoms with van der Waals surface area (Å²) < 4.78 is 22.4. The van der Waals surface area contributed by atoms with Crippen LogP contribution in [0.3, 0.4) is 0 Å².